The third kappa shape index (κ3) is 3.46. The van der Waals surface area contributed by atoms with E-state index in [0.29, 0.717) is 0 Å². The smallest absolute Gasteiger partial charge is 0.302 e. The van der Waals surface area contributed by atoms with Gasteiger partial charge in [-0.1, -0.05) is 0 Å². The van der Waals surface area contributed by atoms with Crippen LogP contribution in [0.1, 0.15) is 6.42 Å². The standard InChI is InChI=1S/C12H12F3NO4S/c1-20-8-3-9(13)12(10(14)4-8)16-5-7(2-11(16)17)6-21(15,18)19/h3-4,7H,2,5-6H2,1H3. The predicted molar refractivity (Wildman–Crippen MR) is 68.3 cm³/mol. The van der Waals surface area contributed by atoms with E-state index in [4.69, 9.17) is 4.74 Å². The molecule has 0 bridgehead atoms. The zero-order valence-corrected chi connectivity index (χ0v) is 11.8. The maximum atomic E-state index is 13.9. The molecule has 0 aliphatic carbocycles. The topological polar surface area (TPSA) is 63.7 Å². The number of rotatable bonds is 4. The monoisotopic (exact) mass is 323 g/mol. The lowest BCUT2D eigenvalue weighted by molar-refractivity contribution is -0.117. The van der Waals surface area contributed by atoms with E-state index in [1.54, 1.807) is 0 Å². The first-order valence-electron chi connectivity index (χ1n) is 5.97. The third-order valence-corrected chi connectivity index (χ3v) is 4.01. The lowest BCUT2D eigenvalue weighted by atomic mass is 10.1. The average molecular weight is 323 g/mol. The van der Waals surface area contributed by atoms with E-state index in [1.807, 2.05) is 0 Å². The summed E-state index contributed by atoms with van der Waals surface area (Å²) in [5.74, 6) is -4.43. The molecule has 9 heteroatoms. The summed E-state index contributed by atoms with van der Waals surface area (Å²) >= 11 is 0. The van der Waals surface area contributed by atoms with Crippen molar-refractivity contribution in [2.75, 3.05) is 24.3 Å². The van der Waals surface area contributed by atoms with Crippen LogP contribution in [0.5, 0.6) is 5.75 Å². The van der Waals surface area contributed by atoms with E-state index in [0.717, 1.165) is 17.0 Å². The number of carbonyl (C=O) groups excluding carboxylic acids is 1. The number of halogens is 3. The van der Waals surface area contributed by atoms with Gasteiger partial charge in [0.25, 0.3) is 0 Å². The van der Waals surface area contributed by atoms with Crippen molar-refractivity contribution in [3.63, 3.8) is 0 Å². The molecular weight excluding hydrogens is 311 g/mol. The number of nitrogens with zero attached hydrogens (tertiary/aromatic N) is 1. The lowest BCUT2D eigenvalue weighted by Crippen LogP contribution is -2.27. The van der Waals surface area contributed by atoms with E-state index >= 15 is 0 Å². The number of hydrogen-bond donors (Lipinski definition) is 0. The van der Waals surface area contributed by atoms with Crippen LogP contribution in [0.25, 0.3) is 0 Å². The highest BCUT2D eigenvalue weighted by atomic mass is 32.3. The van der Waals surface area contributed by atoms with Gasteiger partial charge in [-0.05, 0) is 0 Å². The molecule has 1 atom stereocenters. The van der Waals surface area contributed by atoms with Crippen LogP contribution in [0.4, 0.5) is 18.4 Å². The fourth-order valence-corrected chi connectivity index (χ4v) is 3.10. The van der Waals surface area contributed by atoms with Gasteiger partial charge in [-0.3, -0.25) is 4.79 Å². The largest absolute Gasteiger partial charge is 0.497 e. The van der Waals surface area contributed by atoms with Crippen LogP contribution in [0.15, 0.2) is 12.1 Å². The van der Waals surface area contributed by atoms with Gasteiger partial charge in [0, 0.05) is 31.0 Å². The Hall–Kier alpha value is -1.77. The summed E-state index contributed by atoms with van der Waals surface area (Å²) in [6.45, 7) is -0.262. The second kappa shape index (κ2) is 5.55. The third-order valence-electron chi connectivity index (χ3n) is 3.14. The van der Waals surface area contributed by atoms with Crippen LogP contribution in [-0.4, -0.2) is 33.7 Å². The summed E-state index contributed by atoms with van der Waals surface area (Å²) in [6.07, 6.45) is -0.284. The minimum atomic E-state index is -4.75. The Morgan fingerprint density at radius 3 is 2.38 bits per heavy atom. The highest BCUT2D eigenvalue weighted by molar-refractivity contribution is 7.86. The molecule has 1 aliphatic heterocycles. The number of hydrogen-bond acceptors (Lipinski definition) is 4. The maximum absolute atomic E-state index is 13.9. The van der Waals surface area contributed by atoms with Crippen molar-refractivity contribution in [3.8, 4) is 5.75 Å². The number of methoxy groups -OCH3 is 1. The Kier molecular flexibility index (Phi) is 4.13. The number of benzene rings is 1. The minimum Gasteiger partial charge on any atom is -0.497 e. The van der Waals surface area contributed by atoms with Crippen molar-refractivity contribution in [2.45, 2.75) is 6.42 Å². The van der Waals surface area contributed by atoms with Gasteiger partial charge in [0.15, 0.2) is 11.6 Å². The van der Waals surface area contributed by atoms with Crippen LogP contribution >= 0.6 is 0 Å². The lowest BCUT2D eigenvalue weighted by Gasteiger charge is -2.18. The maximum Gasteiger partial charge on any atom is 0.302 e. The summed E-state index contributed by atoms with van der Waals surface area (Å²) < 4.78 is 66.3. The minimum absolute atomic E-state index is 0.0525. The first kappa shape index (κ1) is 15.6. The van der Waals surface area contributed by atoms with Gasteiger partial charge in [-0.2, -0.15) is 8.42 Å². The van der Waals surface area contributed by atoms with E-state index in [-0.39, 0.29) is 18.7 Å². The zero-order chi connectivity index (χ0) is 15.8. The summed E-state index contributed by atoms with van der Waals surface area (Å²) in [6, 6.07) is 1.82. The molecule has 1 amide bonds. The Morgan fingerprint density at radius 2 is 1.90 bits per heavy atom. The molecular formula is C12H12F3NO4S. The Morgan fingerprint density at radius 1 is 1.33 bits per heavy atom. The van der Waals surface area contributed by atoms with Gasteiger partial charge >= 0.3 is 10.2 Å². The van der Waals surface area contributed by atoms with E-state index < -0.39 is 45.1 Å². The van der Waals surface area contributed by atoms with Crippen LogP contribution in [0.3, 0.4) is 0 Å². The second-order valence-electron chi connectivity index (χ2n) is 4.72. The molecule has 1 heterocycles. The molecule has 0 spiro atoms. The Labute approximate surface area is 119 Å². The molecule has 1 saturated heterocycles. The van der Waals surface area contributed by atoms with Gasteiger partial charge in [0.2, 0.25) is 5.91 Å². The molecule has 2 rings (SSSR count). The van der Waals surface area contributed by atoms with Crippen molar-refractivity contribution in [3.05, 3.63) is 23.8 Å². The number of ether oxygens (including phenoxy) is 1. The normalized spacial score (nSPS) is 19.1. The van der Waals surface area contributed by atoms with Crippen LogP contribution in [0, 0.1) is 17.6 Å². The van der Waals surface area contributed by atoms with Gasteiger partial charge < -0.3 is 9.64 Å². The molecule has 21 heavy (non-hydrogen) atoms. The molecule has 0 N–H and O–H groups in total. The van der Waals surface area contributed by atoms with Gasteiger partial charge in [0.05, 0.1) is 12.9 Å². The zero-order valence-electron chi connectivity index (χ0n) is 11.0. The van der Waals surface area contributed by atoms with Gasteiger partial charge in [-0.25, -0.2) is 8.78 Å². The molecule has 1 aromatic rings. The van der Waals surface area contributed by atoms with E-state index in [1.165, 1.54) is 7.11 Å². The molecule has 0 aromatic heterocycles. The Balaban J connectivity index is 2.29. The van der Waals surface area contributed by atoms with Gasteiger partial charge in [-0.15, -0.1) is 3.89 Å². The second-order valence-corrected chi connectivity index (χ2v) is 6.13. The molecule has 1 aromatic carbocycles. The fourth-order valence-electron chi connectivity index (χ4n) is 2.31. The molecule has 1 unspecified atom stereocenters. The molecule has 0 saturated carbocycles. The molecule has 1 aliphatic rings. The number of amides is 1. The van der Waals surface area contributed by atoms with Crippen molar-refractivity contribution >= 4 is 21.8 Å². The SMILES string of the molecule is COc1cc(F)c(N2CC(CS(=O)(=O)F)CC2=O)c(F)c1. The van der Waals surface area contributed by atoms with Crippen LogP contribution in [-0.2, 0) is 15.0 Å². The molecule has 5 nitrogen and oxygen atoms in total. The van der Waals surface area contributed by atoms with E-state index in [2.05, 4.69) is 0 Å². The number of carbonyl (C=O) groups is 1. The fraction of sp³-hybridized carbons (Fsp3) is 0.417. The Bertz CT molecular complexity index is 654. The highest BCUT2D eigenvalue weighted by Gasteiger charge is 2.36. The van der Waals surface area contributed by atoms with Crippen molar-refractivity contribution in [1.82, 2.24) is 0 Å². The summed E-state index contributed by atoms with van der Waals surface area (Å²) in [7, 11) is -3.52. The first-order chi connectivity index (χ1) is 9.71. The van der Waals surface area contributed by atoms with E-state index in [9.17, 15) is 25.9 Å². The highest BCUT2D eigenvalue weighted by Crippen LogP contribution is 2.33. The van der Waals surface area contributed by atoms with Crippen LogP contribution < -0.4 is 9.64 Å². The molecule has 0 radical (unpaired) electrons. The summed E-state index contributed by atoms with van der Waals surface area (Å²) in [5, 5.41) is 0. The quantitative estimate of drug-likeness (QED) is 0.790. The van der Waals surface area contributed by atoms with Crippen molar-refractivity contribution < 1.29 is 30.6 Å². The molecule has 1 fully saturated rings. The van der Waals surface area contributed by atoms with Gasteiger partial charge in [0.1, 0.15) is 11.4 Å². The first-order valence-corrected chi connectivity index (χ1v) is 7.52. The predicted octanol–water partition coefficient (Wildman–Crippen LogP) is 1.63. The average Bonchev–Trinajstić information content (AvgIpc) is 2.66. The van der Waals surface area contributed by atoms with Crippen molar-refractivity contribution in [1.29, 1.82) is 0 Å². The summed E-state index contributed by atoms with van der Waals surface area (Å²) in [4.78, 5) is 12.6. The van der Waals surface area contributed by atoms with Crippen molar-refractivity contribution in [2.24, 2.45) is 5.92 Å². The molecule has 116 valence electrons. The number of anilines is 1. The summed E-state index contributed by atoms with van der Waals surface area (Å²) in [5.41, 5.74) is -0.584. The van der Waals surface area contributed by atoms with Crippen LogP contribution in [0.2, 0.25) is 0 Å².